The van der Waals surface area contributed by atoms with E-state index in [0.29, 0.717) is 13.1 Å². The molecule has 0 bridgehead atoms. The Morgan fingerprint density at radius 3 is 2.21 bits per heavy atom. The molecule has 0 unspecified atom stereocenters. The fourth-order valence-corrected chi connectivity index (χ4v) is 1.72. The van der Waals surface area contributed by atoms with Gasteiger partial charge < -0.3 is 14.9 Å². The lowest BCUT2D eigenvalue weighted by Gasteiger charge is -2.35. The smallest absolute Gasteiger partial charge is 0.407 e. The summed E-state index contributed by atoms with van der Waals surface area (Å²) in [7, 11) is 1.58. The van der Waals surface area contributed by atoms with Gasteiger partial charge in [0, 0.05) is 33.1 Å². The molecule has 80 valence electrons. The largest absolute Gasteiger partial charge is 0.465 e. The van der Waals surface area contributed by atoms with Gasteiger partial charge in [-0.2, -0.15) is 0 Å². The van der Waals surface area contributed by atoms with E-state index in [9.17, 15) is 9.59 Å². The van der Waals surface area contributed by atoms with Crippen LogP contribution in [-0.4, -0.2) is 53.1 Å². The van der Waals surface area contributed by atoms with E-state index < -0.39 is 6.09 Å². The Kier molecular flexibility index (Phi) is 3.33. The van der Waals surface area contributed by atoms with Crippen LogP contribution in [0.15, 0.2) is 0 Å². The van der Waals surface area contributed by atoms with Crippen molar-refractivity contribution in [1.82, 2.24) is 9.80 Å². The molecule has 14 heavy (non-hydrogen) atoms. The van der Waals surface area contributed by atoms with E-state index in [1.54, 1.807) is 18.9 Å². The summed E-state index contributed by atoms with van der Waals surface area (Å²) in [6.45, 7) is 2.87. The second kappa shape index (κ2) is 4.30. The summed E-state index contributed by atoms with van der Waals surface area (Å²) in [5.74, 6) is 0.0708. The Hall–Kier alpha value is -1.26. The number of hydrogen-bond donors (Lipinski definition) is 1. The fraction of sp³-hybridized carbons (Fsp3) is 0.778. The number of nitrogens with zero attached hydrogens (tertiary/aromatic N) is 2. The van der Waals surface area contributed by atoms with Crippen molar-refractivity contribution in [3.8, 4) is 0 Å². The van der Waals surface area contributed by atoms with E-state index in [2.05, 4.69) is 0 Å². The zero-order valence-corrected chi connectivity index (χ0v) is 8.56. The molecule has 1 rings (SSSR count). The predicted molar refractivity (Wildman–Crippen MR) is 51.1 cm³/mol. The van der Waals surface area contributed by atoms with E-state index in [4.69, 9.17) is 5.11 Å². The van der Waals surface area contributed by atoms with Crippen LogP contribution >= 0.6 is 0 Å². The van der Waals surface area contributed by atoms with Crippen molar-refractivity contribution >= 4 is 12.0 Å². The van der Waals surface area contributed by atoms with Gasteiger partial charge in [0.05, 0.1) is 0 Å². The van der Waals surface area contributed by atoms with E-state index in [1.165, 1.54) is 4.90 Å². The third-order valence-electron chi connectivity index (χ3n) is 2.76. The minimum atomic E-state index is -0.897. The molecular weight excluding hydrogens is 184 g/mol. The molecule has 0 aliphatic carbocycles. The van der Waals surface area contributed by atoms with Crippen molar-refractivity contribution in [2.75, 3.05) is 20.1 Å². The molecule has 1 N–H and O–H groups in total. The van der Waals surface area contributed by atoms with Gasteiger partial charge in [0.25, 0.3) is 0 Å². The molecule has 0 aromatic heterocycles. The first-order valence-corrected chi connectivity index (χ1v) is 4.73. The van der Waals surface area contributed by atoms with E-state index in [-0.39, 0.29) is 11.9 Å². The summed E-state index contributed by atoms with van der Waals surface area (Å²) in [5, 5.41) is 8.75. The van der Waals surface area contributed by atoms with Crippen LogP contribution in [0.5, 0.6) is 0 Å². The number of carboxylic acid groups (broad SMARTS) is 1. The lowest BCUT2D eigenvalue weighted by Crippen LogP contribution is -2.46. The monoisotopic (exact) mass is 200 g/mol. The molecule has 0 aromatic rings. The maximum atomic E-state index is 11.0. The molecular formula is C9H16N2O3. The average Bonchev–Trinajstić information content (AvgIpc) is 2.16. The van der Waals surface area contributed by atoms with Gasteiger partial charge in [-0.25, -0.2) is 4.79 Å². The molecule has 0 aromatic carbocycles. The van der Waals surface area contributed by atoms with Gasteiger partial charge in [0.15, 0.2) is 0 Å². The number of amides is 2. The number of likely N-dealkylation sites (tertiary alicyclic amines) is 1. The quantitative estimate of drug-likeness (QED) is 0.674. The minimum absolute atomic E-state index is 0.0584. The van der Waals surface area contributed by atoms with Gasteiger partial charge in [0.1, 0.15) is 0 Å². The highest BCUT2D eigenvalue weighted by atomic mass is 16.4. The zero-order valence-electron chi connectivity index (χ0n) is 8.56. The minimum Gasteiger partial charge on any atom is -0.465 e. The Labute approximate surface area is 83.3 Å². The fourth-order valence-electron chi connectivity index (χ4n) is 1.72. The summed E-state index contributed by atoms with van der Waals surface area (Å²) >= 11 is 0. The van der Waals surface area contributed by atoms with Crippen molar-refractivity contribution in [1.29, 1.82) is 0 Å². The zero-order chi connectivity index (χ0) is 10.7. The van der Waals surface area contributed by atoms with Crippen LogP contribution in [0.2, 0.25) is 0 Å². The van der Waals surface area contributed by atoms with Crippen LogP contribution in [0.1, 0.15) is 19.8 Å². The maximum absolute atomic E-state index is 11.0. The van der Waals surface area contributed by atoms with E-state index in [1.807, 2.05) is 0 Å². The van der Waals surface area contributed by atoms with Crippen molar-refractivity contribution in [3.63, 3.8) is 0 Å². The second-order valence-corrected chi connectivity index (χ2v) is 3.63. The summed E-state index contributed by atoms with van der Waals surface area (Å²) in [6, 6.07) is 0.0584. The average molecular weight is 200 g/mol. The van der Waals surface area contributed by atoms with Gasteiger partial charge >= 0.3 is 6.09 Å². The summed E-state index contributed by atoms with van der Waals surface area (Å²) in [5.41, 5.74) is 0. The molecule has 5 nitrogen and oxygen atoms in total. The van der Waals surface area contributed by atoms with Gasteiger partial charge in [-0.15, -0.1) is 0 Å². The lowest BCUT2D eigenvalue weighted by molar-refractivity contribution is -0.130. The second-order valence-electron chi connectivity index (χ2n) is 3.63. The highest BCUT2D eigenvalue weighted by molar-refractivity contribution is 5.73. The van der Waals surface area contributed by atoms with Gasteiger partial charge in [-0.3, -0.25) is 4.79 Å². The Morgan fingerprint density at radius 2 is 1.86 bits per heavy atom. The molecule has 1 saturated heterocycles. The number of hydrogen-bond acceptors (Lipinski definition) is 2. The third-order valence-corrected chi connectivity index (χ3v) is 2.76. The van der Waals surface area contributed by atoms with Crippen LogP contribution in [-0.2, 0) is 4.79 Å². The molecule has 0 atom stereocenters. The van der Waals surface area contributed by atoms with Crippen molar-refractivity contribution in [2.24, 2.45) is 0 Å². The molecule has 2 amide bonds. The van der Waals surface area contributed by atoms with Crippen molar-refractivity contribution in [3.05, 3.63) is 0 Å². The topological polar surface area (TPSA) is 60.9 Å². The van der Waals surface area contributed by atoms with E-state index >= 15 is 0 Å². The van der Waals surface area contributed by atoms with Crippen LogP contribution in [0.4, 0.5) is 4.79 Å². The van der Waals surface area contributed by atoms with Crippen LogP contribution in [0.25, 0.3) is 0 Å². The Balaban J connectivity index is 2.43. The predicted octanol–water partition coefficient (Wildman–Crippen LogP) is 0.607. The van der Waals surface area contributed by atoms with Gasteiger partial charge in [-0.05, 0) is 12.8 Å². The van der Waals surface area contributed by atoms with Crippen LogP contribution < -0.4 is 0 Å². The first-order chi connectivity index (χ1) is 6.52. The third kappa shape index (κ3) is 2.37. The Morgan fingerprint density at radius 1 is 1.36 bits per heavy atom. The molecule has 1 aliphatic rings. The van der Waals surface area contributed by atoms with Crippen LogP contribution in [0, 0.1) is 0 Å². The number of rotatable bonds is 1. The summed E-state index contributed by atoms with van der Waals surface area (Å²) < 4.78 is 0. The lowest BCUT2D eigenvalue weighted by atomic mass is 10.0. The molecule has 0 spiro atoms. The van der Waals surface area contributed by atoms with Crippen molar-refractivity contribution in [2.45, 2.75) is 25.8 Å². The summed E-state index contributed by atoms with van der Waals surface area (Å²) in [4.78, 5) is 24.8. The highest BCUT2D eigenvalue weighted by Crippen LogP contribution is 2.15. The number of piperidine rings is 1. The standard InChI is InChI=1S/C9H16N2O3/c1-7(12)11-5-3-8(4-6-11)10(2)9(13)14/h8H,3-6H2,1-2H3,(H,13,14). The SMILES string of the molecule is CC(=O)N1CCC(N(C)C(=O)O)CC1. The van der Waals surface area contributed by atoms with E-state index in [0.717, 1.165) is 12.8 Å². The first-order valence-electron chi connectivity index (χ1n) is 4.73. The normalized spacial score (nSPS) is 18.0. The highest BCUT2D eigenvalue weighted by Gasteiger charge is 2.25. The van der Waals surface area contributed by atoms with Crippen LogP contribution in [0.3, 0.4) is 0 Å². The maximum Gasteiger partial charge on any atom is 0.407 e. The number of carbonyl (C=O) groups is 2. The molecule has 1 fully saturated rings. The summed E-state index contributed by atoms with van der Waals surface area (Å²) in [6.07, 6.45) is 0.580. The number of carbonyl (C=O) groups excluding carboxylic acids is 1. The first kappa shape index (κ1) is 10.8. The molecule has 1 heterocycles. The van der Waals surface area contributed by atoms with Gasteiger partial charge in [0.2, 0.25) is 5.91 Å². The molecule has 5 heteroatoms. The molecule has 0 radical (unpaired) electrons. The molecule has 0 saturated carbocycles. The van der Waals surface area contributed by atoms with Crippen molar-refractivity contribution < 1.29 is 14.7 Å². The van der Waals surface area contributed by atoms with Gasteiger partial charge in [-0.1, -0.05) is 0 Å². The molecule has 1 aliphatic heterocycles. The Bertz CT molecular complexity index is 234.